The van der Waals surface area contributed by atoms with Crippen molar-refractivity contribution in [1.29, 1.82) is 0 Å². The number of likely N-dealkylation sites (N-methyl/N-ethyl adjacent to an activating group) is 1. The fourth-order valence-electron chi connectivity index (χ4n) is 4.08. The van der Waals surface area contributed by atoms with Gasteiger partial charge in [0.15, 0.2) is 0 Å². The van der Waals surface area contributed by atoms with Gasteiger partial charge in [0, 0.05) is 43.8 Å². The summed E-state index contributed by atoms with van der Waals surface area (Å²) in [5.74, 6) is 0.594. The first-order valence-corrected chi connectivity index (χ1v) is 9.48. The maximum absolute atomic E-state index is 12.6. The summed E-state index contributed by atoms with van der Waals surface area (Å²) >= 11 is 5.89. The number of carbonyl (C=O) groups excluding carboxylic acids is 2. The van der Waals surface area contributed by atoms with Crippen LogP contribution in [0.15, 0.2) is 24.3 Å². The second-order valence-electron chi connectivity index (χ2n) is 6.94. The number of halogens is 1. The maximum atomic E-state index is 12.6. The Kier molecular flexibility index (Phi) is 5.97. The summed E-state index contributed by atoms with van der Waals surface area (Å²) in [7, 11) is 1.71. The van der Waals surface area contributed by atoms with Crippen molar-refractivity contribution in [3.05, 3.63) is 34.9 Å². The van der Waals surface area contributed by atoms with Crippen LogP contribution < -0.4 is 5.32 Å². The summed E-state index contributed by atoms with van der Waals surface area (Å²) in [6, 6.07) is 6.96. The number of benzene rings is 1. The predicted octanol–water partition coefficient (Wildman–Crippen LogP) is 2.40. The molecule has 3 rings (SSSR count). The molecule has 0 unspecified atom stereocenters. The number of rotatable bonds is 4. The Labute approximate surface area is 154 Å². The lowest BCUT2D eigenvalue weighted by molar-refractivity contribution is -0.128. The molecule has 6 heteroatoms. The number of nitrogens with zero attached hydrogens (tertiary/aromatic N) is 2. The molecule has 1 N–H and O–H groups in total. The van der Waals surface area contributed by atoms with E-state index in [0.717, 1.165) is 25.9 Å². The van der Waals surface area contributed by atoms with Gasteiger partial charge in [0.05, 0.1) is 6.04 Å². The lowest BCUT2D eigenvalue weighted by Crippen LogP contribution is -2.57. The molecule has 0 radical (unpaired) electrons. The summed E-state index contributed by atoms with van der Waals surface area (Å²) < 4.78 is 0. The van der Waals surface area contributed by atoms with Crippen molar-refractivity contribution in [2.24, 2.45) is 5.92 Å². The Hall–Kier alpha value is -1.59. The Morgan fingerprint density at radius 1 is 1.08 bits per heavy atom. The Morgan fingerprint density at radius 3 is 2.24 bits per heavy atom. The van der Waals surface area contributed by atoms with E-state index in [1.165, 1.54) is 12.8 Å². The normalized spacial score (nSPS) is 20.5. The minimum Gasteiger partial charge on any atom is -0.358 e. The summed E-state index contributed by atoms with van der Waals surface area (Å²) in [5.41, 5.74) is 0.663. The highest BCUT2D eigenvalue weighted by Crippen LogP contribution is 2.31. The monoisotopic (exact) mass is 363 g/mol. The van der Waals surface area contributed by atoms with Crippen LogP contribution in [0.5, 0.6) is 0 Å². The number of piperazine rings is 1. The lowest BCUT2D eigenvalue weighted by atomic mass is 9.95. The second-order valence-corrected chi connectivity index (χ2v) is 7.38. The highest BCUT2D eigenvalue weighted by Gasteiger charge is 2.36. The van der Waals surface area contributed by atoms with Crippen molar-refractivity contribution < 1.29 is 9.59 Å². The quantitative estimate of drug-likeness (QED) is 0.893. The van der Waals surface area contributed by atoms with E-state index in [4.69, 9.17) is 11.6 Å². The van der Waals surface area contributed by atoms with Crippen molar-refractivity contribution in [3.8, 4) is 0 Å². The second kappa shape index (κ2) is 8.19. The molecule has 1 aliphatic carbocycles. The van der Waals surface area contributed by atoms with Crippen molar-refractivity contribution in [2.45, 2.75) is 31.7 Å². The molecule has 1 aromatic rings. The molecule has 0 aromatic heterocycles. The van der Waals surface area contributed by atoms with Gasteiger partial charge in [0.2, 0.25) is 5.91 Å². The van der Waals surface area contributed by atoms with Gasteiger partial charge in [0.25, 0.3) is 5.91 Å². The van der Waals surface area contributed by atoms with Crippen LogP contribution in [0.2, 0.25) is 5.02 Å². The van der Waals surface area contributed by atoms with Gasteiger partial charge in [-0.15, -0.1) is 0 Å². The highest BCUT2D eigenvalue weighted by molar-refractivity contribution is 6.30. The van der Waals surface area contributed by atoms with E-state index in [9.17, 15) is 9.59 Å². The molecular weight excluding hydrogens is 338 g/mol. The molecule has 25 heavy (non-hydrogen) atoms. The number of nitrogens with one attached hydrogen (secondary N) is 1. The van der Waals surface area contributed by atoms with Crippen LogP contribution in [0.4, 0.5) is 0 Å². The van der Waals surface area contributed by atoms with Crippen molar-refractivity contribution >= 4 is 23.4 Å². The van der Waals surface area contributed by atoms with Crippen LogP contribution in [0.25, 0.3) is 0 Å². The molecule has 0 bridgehead atoms. The van der Waals surface area contributed by atoms with Crippen LogP contribution in [0, 0.1) is 5.92 Å². The number of amides is 2. The fraction of sp³-hybridized carbons (Fsp3) is 0.579. The van der Waals surface area contributed by atoms with Crippen LogP contribution in [-0.2, 0) is 4.79 Å². The minimum atomic E-state index is -0.0553. The first kappa shape index (κ1) is 18.2. The van der Waals surface area contributed by atoms with Crippen molar-refractivity contribution in [2.75, 3.05) is 33.2 Å². The first-order chi connectivity index (χ1) is 12.1. The van der Waals surface area contributed by atoms with Crippen LogP contribution in [0.3, 0.4) is 0 Å². The molecular formula is C19H26ClN3O2. The standard InChI is InChI=1S/C19H26ClN3O2/c1-21-18(24)17(14-4-2-3-5-14)22-10-12-23(13-11-22)19(25)15-6-8-16(20)9-7-15/h6-9,14,17H,2-5,10-13H2,1H3,(H,21,24)/t17-/m1/s1. The topological polar surface area (TPSA) is 52.7 Å². The van der Waals surface area contributed by atoms with Gasteiger partial charge in [-0.3, -0.25) is 14.5 Å². The smallest absolute Gasteiger partial charge is 0.253 e. The average molecular weight is 364 g/mol. The zero-order valence-electron chi connectivity index (χ0n) is 14.7. The third-order valence-corrected chi connectivity index (χ3v) is 5.70. The van der Waals surface area contributed by atoms with E-state index in [0.29, 0.717) is 29.6 Å². The van der Waals surface area contributed by atoms with Crippen LogP contribution >= 0.6 is 11.6 Å². The molecule has 1 atom stereocenters. The van der Waals surface area contributed by atoms with Crippen LogP contribution in [0.1, 0.15) is 36.0 Å². The van der Waals surface area contributed by atoms with Crippen molar-refractivity contribution in [3.63, 3.8) is 0 Å². The van der Waals surface area contributed by atoms with Crippen LogP contribution in [-0.4, -0.2) is 60.9 Å². The van der Waals surface area contributed by atoms with E-state index in [2.05, 4.69) is 10.2 Å². The highest BCUT2D eigenvalue weighted by atomic mass is 35.5. The van der Waals surface area contributed by atoms with Gasteiger partial charge in [-0.1, -0.05) is 24.4 Å². The van der Waals surface area contributed by atoms with Gasteiger partial charge in [0.1, 0.15) is 0 Å². The molecule has 2 aliphatic rings. The molecule has 5 nitrogen and oxygen atoms in total. The summed E-state index contributed by atoms with van der Waals surface area (Å²) in [4.78, 5) is 29.2. The molecule has 136 valence electrons. The lowest BCUT2D eigenvalue weighted by Gasteiger charge is -2.40. The van der Waals surface area contributed by atoms with E-state index in [-0.39, 0.29) is 17.9 Å². The molecule has 1 aromatic carbocycles. The Morgan fingerprint density at radius 2 is 1.68 bits per heavy atom. The van der Waals surface area contributed by atoms with Gasteiger partial charge in [-0.05, 0) is 43.0 Å². The zero-order valence-corrected chi connectivity index (χ0v) is 15.5. The Balaban J connectivity index is 1.62. The molecule has 2 amide bonds. The maximum Gasteiger partial charge on any atom is 0.253 e. The van der Waals surface area contributed by atoms with Gasteiger partial charge < -0.3 is 10.2 Å². The number of hydrogen-bond donors (Lipinski definition) is 1. The molecule has 1 saturated carbocycles. The van der Waals surface area contributed by atoms with Gasteiger partial charge in [-0.25, -0.2) is 0 Å². The number of hydrogen-bond acceptors (Lipinski definition) is 3. The summed E-state index contributed by atoms with van der Waals surface area (Å²) in [6.45, 7) is 2.80. The minimum absolute atomic E-state index is 0.0358. The average Bonchev–Trinajstić information content (AvgIpc) is 3.16. The first-order valence-electron chi connectivity index (χ1n) is 9.10. The van der Waals surface area contributed by atoms with Gasteiger partial charge >= 0.3 is 0 Å². The van der Waals surface area contributed by atoms with Crippen molar-refractivity contribution in [1.82, 2.24) is 15.1 Å². The molecule has 1 heterocycles. The summed E-state index contributed by atoms with van der Waals surface area (Å²) in [5, 5.41) is 3.46. The third-order valence-electron chi connectivity index (χ3n) is 5.45. The SMILES string of the molecule is CNC(=O)[C@@H](C1CCCC1)N1CCN(C(=O)c2ccc(Cl)cc2)CC1. The molecule has 1 aliphatic heterocycles. The predicted molar refractivity (Wildman–Crippen MR) is 98.7 cm³/mol. The zero-order chi connectivity index (χ0) is 17.8. The molecule has 2 fully saturated rings. The van der Waals surface area contributed by atoms with E-state index >= 15 is 0 Å². The third kappa shape index (κ3) is 4.15. The molecule has 0 spiro atoms. The number of carbonyl (C=O) groups is 2. The van der Waals surface area contributed by atoms with Gasteiger partial charge in [-0.2, -0.15) is 0 Å². The Bertz CT molecular complexity index is 606. The molecule has 1 saturated heterocycles. The van der Waals surface area contributed by atoms with E-state index < -0.39 is 0 Å². The fourth-order valence-corrected chi connectivity index (χ4v) is 4.20. The van der Waals surface area contributed by atoms with E-state index in [1.807, 2.05) is 4.90 Å². The van der Waals surface area contributed by atoms with E-state index in [1.54, 1.807) is 31.3 Å². The summed E-state index contributed by atoms with van der Waals surface area (Å²) in [6.07, 6.45) is 4.68. The largest absolute Gasteiger partial charge is 0.358 e.